The van der Waals surface area contributed by atoms with Crippen LogP contribution in [0, 0.1) is 11.8 Å². The Bertz CT molecular complexity index is 198. The molecule has 2 bridgehead atoms. The molecule has 2 aliphatic rings. The zero-order valence-electron chi connectivity index (χ0n) is 9.39. The minimum absolute atomic E-state index is 0.188. The van der Waals surface area contributed by atoms with E-state index in [-0.39, 0.29) is 17.4 Å². The van der Waals surface area contributed by atoms with Crippen LogP contribution < -0.4 is 5.32 Å². The lowest BCUT2D eigenvalue weighted by Crippen LogP contribution is -2.61. The van der Waals surface area contributed by atoms with Gasteiger partial charge in [-0.3, -0.25) is 4.90 Å². The van der Waals surface area contributed by atoms with Crippen molar-refractivity contribution in [1.29, 1.82) is 0 Å². The van der Waals surface area contributed by atoms with Gasteiger partial charge in [-0.25, -0.2) is 4.39 Å². The maximum absolute atomic E-state index is 13.8. The summed E-state index contributed by atoms with van der Waals surface area (Å²) >= 11 is 0. The number of nitrogens with zero attached hydrogens (tertiary/aromatic N) is 1. The van der Waals surface area contributed by atoms with E-state index < -0.39 is 6.17 Å². The van der Waals surface area contributed by atoms with Gasteiger partial charge in [-0.1, -0.05) is 0 Å². The topological polar surface area (TPSA) is 15.3 Å². The van der Waals surface area contributed by atoms with Gasteiger partial charge in [-0.2, -0.15) is 0 Å². The molecule has 1 N–H and O–H groups in total. The minimum atomic E-state index is -0.574. The van der Waals surface area contributed by atoms with E-state index in [0.717, 1.165) is 26.2 Å². The van der Waals surface area contributed by atoms with Crippen LogP contribution >= 0.6 is 0 Å². The van der Waals surface area contributed by atoms with Crippen LogP contribution in [0.15, 0.2) is 0 Å². The van der Waals surface area contributed by atoms with Crippen molar-refractivity contribution in [3.63, 3.8) is 0 Å². The first-order valence-corrected chi connectivity index (χ1v) is 5.58. The maximum Gasteiger partial charge on any atom is 0.111 e. The Balaban J connectivity index is 2.08. The monoisotopic (exact) mass is 200 g/mol. The summed E-state index contributed by atoms with van der Waals surface area (Å²) in [4.78, 5) is 2.43. The summed E-state index contributed by atoms with van der Waals surface area (Å²) in [5.41, 5.74) is 0.188. The summed E-state index contributed by atoms with van der Waals surface area (Å²) < 4.78 is 13.8. The highest BCUT2D eigenvalue weighted by atomic mass is 19.1. The smallest absolute Gasteiger partial charge is 0.111 e. The fourth-order valence-corrected chi connectivity index (χ4v) is 2.58. The number of alkyl halides is 1. The van der Waals surface area contributed by atoms with E-state index in [1.807, 2.05) is 0 Å². The van der Waals surface area contributed by atoms with Crippen LogP contribution in [0.5, 0.6) is 0 Å². The number of hydrogen-bond acceptors (Lipinski definition) is 2. The Kier molecular flexibility index (Phi) is 2.56. The fraction of sp³-hybridized carbons (Fsp3) is 1.00. The molecule has 2 nitrogen and oxygen atoms in total. The van der Waals surface area contributed by atoms with Gasteiger partial charge in [0.05, 0.1) is 0 Å². The van der Waals surface area contributed by atoms with Gasteiger partial charge in [0.15, 0.2) is 0 Å². The Hall–Kier alpha value is -0.150. The number of fused-ring (bicyclic) bond motifs is 2. The SMILES string of the molecule is CC(C)(C)N1CC2CNCC(C1)C2F. The molecule has 2 atom stereocenters. The fourth-order valence-electron chi connectivity index (χ4n) is 2.58. The predicted octanol–water partition coefficient (Wildman–Crippen LogP) is 1.27. The molecule has 2 fully saturated rings. The summed E-state index contributed by atoms with van der Waals surface area (Å²) in [6, 6.07) is 0. The van der Waals surface area contributed by atoms with Crippen molar-refractivity contribution in [3.8, 4) is 0 Å². The van der Waals surface area contributed by atoms with Crippen LogP contribution in [-0.2, 0) is 0 Å². The molecule has 0 saturated carbocycles. The Morgan fingerprint density at radius 3 is 2.07 bits per heavy atom. The van der Waals surface area contributed by atoms with Crippen molar-refractivity contribution < 1.29 is 4.39 Å². The molecule has 14 heavy (non-hydrogen) atoms. The van der Waals surface area contributed by atoms with Crippen molar-refractivity contribution >= 4 is 0 Å². The highest BCUT2D eigenvalue weighted by Gasteiger charge is 2.42. The molecule has 0 aromatic rings. The Morgan fingerprint density at radius 1 is 1.14 bits per heavy atom. The first-order chi connectivity index (χ1) is 6.48. The molecule has 0 aliphatic carbocycles. The number of nitrogens with one attached hydrogen (secondary N) is 1. The second-order valence-electron chi connectivity index (χ2n) is 5.70. The van der Waals surface area contributed by atoms with Crippen molar-refractivity contribution in [2.75, 3.05) is 26.2 Å². The zero-order chi connectivity index (χ0) is 10.3. The molecule has 0 amide bonds. The molecule has 2 saturated heterocycles. The van der Waals surface area contributed by atoms with E-state index in [1.165, 1.54) is 0 Å². The highest BCUT2D eigenvalue weighted by molar-refractivity contribution is 4.95. The first kappa shape index (κ1) is 10.4. The first-order valence-electron chi connectivity index (χ1n) is 5.58. The van der Waals surface area contributed by atoms with E-state index in [0.29, 0.717) is 0 Å². The molecule has 0 radical (unpaired) electrons. The summed E-state index contributed by atoms with van der Waals surface area (Å²) in [5.74, 6) is 0.420. The molecular formula is C11H21FN2. The molecule has 82 valence electrons. The zero-order valence-corrected chi connectivity index (χ0v) is 9.39. The van der Waals surface area contributed by atoms with Crippen LogP contribution in [0.1, 0.15) is 20.8 Å². The number of halogens is 1. The third kappa shape index (κ3) is 1.80. The molecule has 0 spiro atoms. The van der Waals surface area contributed by atoms with E-state index in [1.54, 1.807) is 0 Å². The largest absolute Gasteiger partial charge is 0.316 e. The second kappa shape index (κ2) is 3.46. The van der Waals surface area contributed by atoms with Gasteiger partial charge in [-0.05, 0) is 20.8 Å². The van der Waals surface area contributed by atoms with E-state index in [4.69, 9.17) is 0 Å². The molecule has 0 aromatic carbocycles. The lowest BCUT2D eigenvalue weighted by Gasteiger charge is -2.49. The van der Waals surface area contributed by atoms with Gasteiger partial charge in [0, 0.05) is 43.6 Å². The summed E-state index contributed by atoms with van der Waals surface area (Å²) in [5, 5.41) is 3.32. The number of rotatable bonds is 0. The van der Waals surface area contributed by atoms with Crippen LogP contribution in [0.2, 0.25) is 0 Å². The maximum atomic E-state index is 13.8. The van der Waals surface area contributed by atoms with Gasteiger partial charge in [0.25, 0.3) is 0 Å². The average Bonchev–Trinajstić information content (AvgIpc) is 2.00. The summed E-state index contributed by atoms with van der Waals surface area (Å²) in [6.45, 7) is 10.2. The lowest BCUT2D eigenvalue weighted by molar-refractivity contribution is -0.0269. The highest BCUT2D eigenvalue weighted by Crippen LogP contribution is 2.31. The van der Waals surface area contributed by atoms with Crippen molar-refractivity contribution in [2.24, 2.45) is 11.8 Å². The van der Waals surface area contributed by atoms with Gasteiger partial charge in [-0.15, -0.1) is 0 Å². The van der Waals surface area contributed by atoms with Gasteiger partial charge >= 0.3 is 0 Å². The van der Waals surface area contributed by atoms with Crippen molar-refractivity contribution in [2.45, 2.75) is 32.5 Å². The standard InChI is InChI=1S/C11H21FN2/c1-11(2,3)14-6-8-4-13-5-9(7-14)10(8)12/h8-10,13H,4-7H2,1-3H3. The predicted molar refractivity (Wildman–Crippen MR) is 56.1 cm³/mol. The number of likely N-dealkylation sites (tertiary alicyclic amines) is 1. The third-order valence-electron chi connectivity index (χ3n) is 3.57. The molecule has 2 aliphatic heterocycles. The molecule has 3 heteroatoms. The Labute approximate surface area is 85.9 Å². The molecular weight excluding hydrogens is 179 g/mol. The average molecular weight is 200 g/mol. The molecule has 2 unspecified atom stereocenters. The number of hydrogen-bond donors (Lipinski definition) is 1. The Morgan fingerprint density at radius 2 is 1.64 bits per heavy atom. The third-order valence-corrected chi connectivity index (χ3v) is 3.57. The van der Waals surface area contributed by atoms with Crippen LogP contribution in [0.3, 0.4) is 0 Å². The molecule has 2 heterocycles. The van der Waals surface area contributed by atoms with Crippen LogP contribution in [0.25, 0.3) is 0 Å². The second-order valence-corrected chi connectivity index (χ2v) is 5.70. The van der Waals surface area contributed by atoms with Gasteiger partial charge in [0.2, 0.25) is 0 Å². The lowest BCUT2D eigenvalue weighted by atomic mass is 9.82. The van der Waals surface area contributed by atoms with Gasteiger partial charge in [0.1, 0.15) is 6.17 Å². The van der Waals surface area contributed by atoms with Crippen molar-refractivity contribution in [1.82, 2.24) is 10.2 Å². The number of piperidine rings is 2. The summed E-state index contributed by atoms with van der Waals surface area (Å²) in [6.07, 6.45) is -0.574. The van der Waals surface area contributed by atoms with E-state index in [2.05, 4.69) is 31.0 Å². The van der Waals surface area contributed by atoms with E-state index in [9.17, 15) is 4.39 Å². The van der Waals surface area contributed by atoms with Crippen molar-refractivity contribution in [3.05, 3.63) is 0 Å². The minimum Gasteiger partial charge on any atom is -0.316 e. The van der Waals surface area contributed by atoms with Crippen LogP contribution in [0.4, 0.5) is 4.39 Å². The molecule has 0 aromatic heterocycles. The van der Waals surface area contributed by atoms with Crippen LogP contribution in [-0.4, -0.2) is 42.8 Å². The van der Waals surface area contributed by atoms with Gasteiger partial charge < -0.3 is 5.32 Å². The normalized spacial score (nSPS) is 39.9. The molecule has 2 rings (SSSR count). The quantitative estimate of drug-likeness (QED) is 0.633. The van der Waals surface area contributed by atoms with E-state index >= 15 is 0 Å². The summed E-state index contributed by atoms with van der Waals surface area (Å²) in [7, 11) is 0.